The van der Waals surface area contributed by atoms with E-state index in [1.165, 1.54) is 173 Å². The highest BCUT2D eigenvalue weighted by atomic mass is 31.2. The molecule has 0 saturated heterocycles. The Morgan fingerprint density at radius 2 is 0.879 bits per heavy atom. The number of carbonyl (C=O) groups excluding carboxylic acids is 1. The fourth-order valence-electron chi connectivity index (χ4n) is 7.18. The number of aliphatic hydroxyl groups excluding tert-OH is 2. The second-order valence-corrected chi connectivity index (χ2v) is 18.3. The van der Waals surface area contributed by atoms with Crippen LogP contribution in [0.4, 0.5) is 0 Å². The van der Waals surface area contributed by atoms with Gasteiger partial charge in [-0.1, -0.05) is 212 Å². The molecule has 0 aliphatic rings. The van der Waals surface area contributed by atoms with Crippen molar-refractivity contribution in [2.75, 3.05) is 33.0 Å². The van der Waals surface area contributed by atoms with Crippen LogP contribution >= 0.6 is 7.82 Å². The van der Waals surface area contributed by atoms with Crippen LogP contribution in [0.15, 0.2) is 12.2 Å². The SMILES string of the molecule is CCCCCCC/C=C\CCCCCCCC(=O)OC(COCCCCCCCCCCCCCCCCCCCCCCCCC)COP(=O)(O)OCC(O)CO. The summed E-state index contributed by atoms with van der Waals surface area (Å²) in [6, 6.07) is 0. The monoisotopic (exact) mass is 847 g/mol. The first-order valence-electron chi connectivity index (χ1n) is 24.7. The first-order chi connectivity index (χ1) is 28.3. The maximum atomic E-state index is 12.6. The lowest BCUT2D eigenvalue weighted by Gasteiger charge is -2.20. The molecule has 0 radical (unpaired) electrons. The molecule has 0 aliphatic heterocycles. The van der Waals surface area contributed by atoms with Gasteiger partial charge < -0.3 is 24.6 Å². The molecule has 0 saturated carbocycles. The van der Waals surface area contributed by atoms with E-state index in [0.29, 0.717) is 6.61 Å². The minimum Gasteiger partial charge on any atom is -0.457 e. The van der Waals surface area contributed by atoms with E-state index in [-0.39, 0.29) is 25.6 Å². The average Bonchev–Trinajstić information content (AvgIpc) is 3.21. The quantitative estimate of drug-likeness (QED) is 0.0237. The topological polar surface area (TPSA) is 132 Å². The van der Waals surface area contributed by atoms with Crippen molar-refractivity contribution in [3.63, 3.8) is 0 Å². The van der Waals surface area contributed by atoms with Crippen LogP contribution in [0, 0.1) is 0 Å². The zero-order valence-electron chi connectivity index (χ0n) is 38.0. The van der Waals surface area contributed by atoms with Crippen LogP contribution in [-0.4, -0.2) is 66.3 Å². The molecular weight excluding hydrogens is 751 g/mol. The van der Waals surface area contributed by atoms with Crippen LogP contribution < -0.4 is 0 Å². The van der Waals surface area contributed by atoms with Gasteiger partial charge in [0.25, 0.3) is 0 Å². The van der Waals surface area contributed by atoms with Gasteiger partial charge in [0.2, 0.25) is 0 Å². The molecule has 0 aliphatic carbocycles. The second-order valence-electron chi connectivity index (χ2n) is 16.8. The molecule has 0 aromatic carbocycles. The van der Waals surface area contributed by atoms with Gasteiger partial charge in [0.1, 0.15) is 12.2 Å². The minimum atomic E-state index is -4.52. The summed E-state index contributed by atoms with van der Waals surface area (Å²) < 4.78 is 33.5. The van der Waals surface area contributed by atoms with Gasteiger partial charge in [-0.2, -0.15) is 0 Å². The molecule has 9 nitrogen and oxygen atoms in total. The third-order valence-corrected chi connectivity index (χ3v) is 11.9. The zero-order chi connectivity index (χ0) is 42.5. The van der Waals surface area contributed by atoms with E-state index in [1.807, 2.05) is 0 Å². The lowest BCUT2D eigenvalue weighted by molar-refractivity contribution is -0.154. The Labute approximate surface area is 358 Å². The van der Waals surface area contributed by atoms with Crippen LogP contribution in [0.2, 0.25) is 0 Å². The van der Waals surface area contributed by atoms with Gasteiger partial charge in [-0.3, -0.25) is 13.8 Å². The molecule has 0 heterocycles. The van der Waals surface area contributed by atoms with Crippen molar-refractivity contribution in [2.45, 2.75) is 257 Å². The van der Waals surface area contributed by atoms with Gasteiger partial charge in [-0.15, -0.1) is 0 Å². The van der Waals surface area contributed by atoms with Gasteiger partial charge in [-0.25, -0.2) is 4.57 Å². The molecule has 0 amide bonds. The summed E-state index contributed by atoms with van der Waals surface area (Å²) in [7, 11) is -4.52. The molecule has 0 aromatic heterocycles. The van der Waals surface area contributed by atoms with Crippen LogP contribution in [-0.2, 0) is 27.9 Å². The Kier molecular flexibility index (Phi) is 45.1. The second kappa shape index (κ2) is 45.7. The minimum absolute atomic E-state index is 0.0522. The highest BCUT2D eigenvalue weighted by Crippen LogP contribution is 2.43. The van der Waals surface area contributed by atoms with Crippen molar-refractivity contribution in [3.8, 4) is 0 Å². The van der Waals surface area contributed by atoms with E-state index in [0.717, 1.165) is 51.4 Å². The van der Waals surface area contributed by atoms with E-state index in [4.69, 9.17) is 23.6 Å². The highest BCUT2D eigenvalue weighted by Gasteiger charge is 2.26. The number of hydrogen-bond acceptors (Lipinski definition) is 8. The van der Waals surface area contributed by atoms with Gasteiger partial charge in [0, 0.05) is 13.0 Å². The fraction of sp³-hybridized carbons (Fsp3) is 0.938. The van der Waals surface area contributed by atoms with Crippen molar-refractivity contribution in [2.24, 2.45) is 0 Å². The third-order valence-electron chi connectivity index (χ3n) is 11.0. The molecule has 0 spiro atoms. The summed E-state index contributed by atoms with van der Waals surface area (Å²) in [6.45, 7) is 3.55. The summed E-state index contributed by atoms with van der Waals surface area (Å²) >= 11 is 0. The predicted octanol–water partition coefficient (Wildman–Crippen LogP) is 14.0. The Hall–Kier alpha value is -0.800. The molecule has 10 heteroatoms. The summed E-state index contributed by atoms with van der Waals surface area (Å²) in [5, 5.41) is 18.4. The smallest absolute Gasteiger partial charge is 0.457 e. The molecule has 346 valence electrons. The Morgan fingerprint density at radius 1 is 0.517 bits per heavy atom. The van der Waals surface area contributed by atoms with E-state index < -0.39 is 33.2 Å². The number of aliphatic hydroxyl groups is 2. The fourth-order valence-corrected chi connectivity index (χ4v) is 7.97. The molecule has 58 heavy (non-hydrogen) atoms. The maximum absolute atomic E-state index is 12.6. The lowest BCUT2D eigenvalue weighted by atomic mass is 10.0. The maximum Gasteiger partial charge on any atom is 0.472 e. The van der Waals surface area contributed by atoms with E-state index in [1.54, 1.807) is 0 Å². The van der Waals surface area contributed by atoms with Gasteiger partial charge >= 0.3 is 13.8 Å². The van der Waals surface area contributed by atoms with Crippen molar-refractivity contribution in [1.29, 1.82) is 0 Å². The molecule has 0 fully saturated rings. The van der Waals surface area contributed by atoms with Crippen molar-refractivity contribution in [1.82, 2.24) is 0 Å². The summed E-state index contributed by atoms with van der Waals surface area (Å²) in [5.74, 6) is -0.386. The van der Waals surface area contributed by atoms with Crippen LogP contribution in [0.25, 0.3) is 0 Å². The standard InChI is InChI=1S/C48H95O9P/c1-3-5-7-9-11-13-15-17-19-20-21-22-23-24-25-26-27-29-31-33-35-37-39-41-54-44-47(45-56-58(52,53)55-43-46(50)42-49)57-48(51)40-38-36-34-32-30-28-18-16-14-12-10-8-6-4-2/h16,18,46-47,49-50H,3-15,17,19-45H2,1-2H3,(H,52,53)/b18-16-. The highest BCUT2D eigenvalue weighted by molar-refractivity contribution is 7.47. The molecule has 3 N–H and O–H groups in total. The van der Waals surface area contributed by atoms with Crippen molar-refractivity contribution >= 4 is 13.8 Å². The molecule has 0 bridgehead atoms. The molecule has 0 aromatic rings. The van der Waals surface area contributed by atoms with Gasteiger partial charge in [-0.05, 0) is 38.5 Å². The number of rotatable bonds is 48. The summed E-state index contributed by atoms with van der Waals surface area (Å²) in [6.07, 6.45) is 47.5. The average molecular weight is 847 g/mol. The summed E-state index contributed by atoms with van der Waals surface area (Å²) in [5.41, 5.74) is 0. The van der Waals surface area contributed by atoms with Crippen LogP contribution in [0.1, 0.15) is 245 Å². The molecule has 0 rings (SSSR count). The number of hydrogen-bond donors (Lipinski definition) is 3. The van der Waals surface area contributed by atoms with E-state index in [2.05, 4.69) is 26.0 Å². The number of allylic oxidation sites excluding steroid dienone is 2. The van der Waals surface area contributed by atoms with Crippen LogP contribution in [0.3, 0.4) is 0 Å². The number of ether oxygens (including phenoxy) is 2. The van der Waals surface area contributed by atoms with Gasteiger partial charge in [0.05, 0.1) is 26.4 Å². The normalized spacial score (nSPS) is 13.9. The molecular formula is C48H95O9P. The third kappa shape index (κ3) is 44.7. The zero-order valence-corrected chi connectivity index (χ0v) is 38.9. The number of carbonyl (C=O) groups is 1. The number of phosphoric acid groups is 1. The Balaban J connectivity index is 4.01. The Morgan fingerprint density at radius 3 is 1.29 bits per heavy atom. The number of unbranched alkanes of at least 4 members (excludes halogenated alkanes) is 32. The van der Waals surface area contributed by atoms with E-state index in [9.17, 15) is 19.4 Å². The largest absolute Gasteiger partial charge is 0.472 e. The number of esters is 1. The lowest BCUT2D eigenvalue weighted by Crippen LogP contribution is -2.29. The number of phosphoric ester groups is 1. The molecule has 3 atom stereocenters. The van der Waals surface area contributed by atoms with Crippen molar-refractivity contribution < 1.29 is 43.0 Å². The van der Waals surface area contributed by atoms with Gasteiger partial charge in [0.15, 0.2) is 0 Å². The van der Waals surface area contributed by atoms with E-state index >= 15 is 0 Å². The predicted molar refractivity (Wildman–Crippen MR) is 242 cm³/mol. The van der Waals surface area contributed by atoms with Crippen molar-refractivity contribution in [3.05, 3.63) is 12.2 Å². The Bertz CT molecular complexity index is 918. The van der Waals surface area contributed by atoms with Crippen LogP contribution in [0.5, 0.6) is 0 Å². The molecule has 3 unspecified atom stereocenters. The first-order valence-corrected chi connectivity index (χ1v) is 26.2. The first kappa shape index (κ1) is 57.2. The summed E-state index contributed by atoms with van der Waals surface area (Å²) in [4.78, 5) is 22.6.